The van der Waals surface area contributed by atoms with Crippen LogP contribution < -0.4 is 11.1 Å². The summed E-state index contributed by atoms with van der Waals surface area (Å²) in [6, 6.07) is 5.17. The molecule has 3 N–H and O–H groups in total. The molecular weight excluding hydrogens is 242 g/mol. The minimum absolute atomic E-state index is 0.0496. The first-order chi connectivity index (χ1) is 8.95. The normalized spacial score (nSPS) is 24.6. The van der Waals surface area contributed by atoms with Crippen molar-refractivity contribution in [3.63, 3.8) is 0 Å². The van der Waals surface area contributed by atoms with Crippen molar-refractivity contribution in [2.24, 2.45) is 5.41 Å². The van der Waals surface area contributed by atoms with Gasteiger partial charge in [0.05, 0.1) is 6.10 Å². The van der Waals surface area contributed by atoms with Crippen LogP contribution in [0.2, 0.25) is 0 Å². The second-order valence-electron chi connectivity index (χ2n) is 5.47. The Balaban J connectivity index is 1.98. The maximum Gasteiger partial charge on any atom is 0.270 e. The lowest BCUT2D eigenvalue weighted by atomic mass is 9.64. The van der Waals surface area contributed by atoms with E-state index in [9.17, 15) is 4.79 Å². The van der Waals surface area contributed by atoms with Crippen molar-refractivity contribution in [2.75, 3.05) is 12.3 Å². The van der Waals surface area contributed by atoms with Crippen LogP contribution >= 0.6 is 0 Å². The van der Waals surface area contributed by atoms with E-state index in [0.717, 1.165) is 6.42 Å². The van der Waals surface area contributed by atoms with E-state index in [1.54, 1.807) is 18.2 Å². The van der Waals surface area contributed by atoms with Crippen LogP contribution in [0.3, 0.4) is 0 Å². The quantitative estimate of drug-likeness (QED) is 0.865. The van der Waals surface area contributed by atoms with Gasteiger partial charge in [0.25, 0.3) is 5.91 Å². The van der Waals surface area contributed by atoms with Crippen molar-refractivity contribution in [1.82, 2.24) is 10.3 Å². The molecule has 1 amide bonds. The van der Waals surface area contributed by atoms with Crippen LogP contribution in [0.4, 0.5) is 5.82 Å². The average molecular weight is 263 g/mol. The number of hydrogen-bond donors (Lipinski definition) is 2. The third kappa shape index (κ3) is 2.71. The molecule has 2 unspecified atom stereocenters. The van der Waals surface area contributed by atoms with Crippen LogP contribution in [0.25, 0.3) is 0 Å². The van der Waals surface area contributed by atoms with E-state index in [1.165, 1.54) is 0 Å². The SMILES string of the molecule is CCOC1CC(NC(=O)c2cccc(N)n2)C1(C)C. The van der Waals surface area contributed by atoms with E-state index in [-0.39, 0.29) is 23.5 Å². The summed E-state index contributed by atoms with van der Waals surface area (Å²) in [4.78, 5) is 16.1. The lowest BCUT2D eigenvalue weighted by Crippen LogP contribution is -2.62. The highest BCUT2D eigenvalue weighted by atomic mass is 16.5. The highest BCUT2D eigenvalue weighted by Crippen LogP contribution is 2.42. The molecule has 1 aromatic heterocycles. The molecule has 0 aliphatic heterocycles. The largest absolute Gasteiger partial charge is 0.384 e. The molecule has 2 atom stereocenters. The fourth-order valence-electron chi connectivity index (χ4n) is 2.42. The van der Waals surface area contributed by atoms with Crippen molar-refractivity contribution in [3.05, 3.63) is 23.9 Å². The van der Waals surface area contributed by atoms with E-state index in [1.807, 2.05) is 6.92 Å². The number of carbonyl (C=O) groups excluding carboxylic acids is 1. The summed E-state index contributed by atoms with van der Waals surface area (Å²) < 4.78 is 5.64. The number of nitrogens with zero attached hydrogens (tertiary/aromatic N) is 1. The number of nitrogens with two attached hydrogens (primary N) is 1. The molecule has 1 saturated carbocycles. The number of hydrogen-bond acceptors (Lipinski definition) is 4. The number of rotatable bonds is 4. The predicted octanol–water partition coefficient (Wildman–Crippen LogP) is 1.60. The van der Waals surface area contributed by atoms with E-state index in [4.69, 9.17) is 10.5 Å². The summed E-state index contributed by atoms with van der Waals surface area (Å²) in [5, 5.41) is 3.00. The predicted molar refractivity (Wildman–Crippen MR) is 73.7 cm³/mol. The van der Waals surface area contributed by atoms with E-state index >= 15 is 0 Å². The average Bonchev–Trinajstić information content (AvgIpc) is 2.37. The van der Waals surface area contributed by atoms with Crippen molar-refractivity contribution in [3.8, 4) is 0 Å². The summed E-state index contributed by atoms with van der Waals surface area (Å²) in [6.45, 7) is 6.90. The zero-order chi connectivity index (χ0) is 14.0. The van der Waals surface area contributed by atoms with Gasteiger partial charge in [0, 0.05) is 18.1 Å². The van der Waals surface area contributed by atoms with Gasteiger partial charge in [-0.05, 0) is 25.5 Å². The Morgan fingerprint density at radius 2 is 2.32 bits per heavy atom. The maximum atomic E-state index is 12.1. The summed E-state index contributed by atoms with van der Waals surface area (Å²) in [6.07, 6.45) is 1.05. The Labute approximate surface area is 113 Å². The van der Waals surface area contributed by atoms with Gasteiger partial charge in [-0.15, -0.1) is 0 Å². The highest BCUT2D eigenvalue weighted by Gasteiger charge is 2.49. The summed E-state index contributed by atoms with van der Waals surface area (Å²) in [5.74, 6) is 0.174. The number of amides is 1. The number of aromatic nitrogens is 1. The summed E-state index contributed by atoms with van der Waals surface area (Å²) >= 11 is 0. The number of nitrogen functional groups attached to an aromatic ring is 1. The van der Waals surface area contributed by atoms with Gasteiger partial charge in [0.2, 0.25) is 0 Å². The topological polar surface area (TPSA) is 77.2 Å². The summed E-state index contributed by atoms with van der Waals surface area (Å²) in [7, 11) is 0. The fourth-order valence-corrected chi connectivity index (χ4v) is 2.42. The van der Waals surface area contributed by atoms with Gasteiger partial charge in [0.1, 0.15) is 11.5 Å². The van der Waals surface area contributed by atoms with Crippen molar-refractivity contribution >= 4 is 11.7 Å². The number of carbonyl (C=O) groups is 1. The van der Waals surface area contributed by atoms with Crippen LogP contribution in [-0.4, -0.2) is 29.6 Å². The van der Waals surface area contributed by atoms with Crippen molar-refractivity contribution < 1.29 is 9.53 Å². The third-order valence-electron chi connectivity index (χ3n) is 3.85. The van der Waals surface area contributed by atoms with Crippen LogP contribution in [0.15, 0.2) is 18.2 Å². The zero-order valence-corrected chi connectivity index (χ0v) is 11.6. The Morgan fingerprint density at radius 3 is 2.89 bits per heavy atom. The Bertz CT molecular complexity index is 474. The third-order valence-corrected chi connectivity index (χ3v) is 3.85. The minimum atomic E-state index is -0.180. The van der Waals surface area contributed by atoms with Gasteiger partial charge in [-0.1, -0.05) is 19.9 Å². The molecule has 1 aliphatic rings. The number of ether oxygens (including phenoxy) is 1. The molecule has 104 valence electrons. The Morgan fingerprint density at radius 1 is 1.58 bits per heavy atom. The van der Waals surface area contributed by atoms with E-state index < -0.39 is 0 Å². The molecule has 1 fully saturated rings. The minimum Gasteiger partial charge on any atom is -0.384 e. The molecule has 0 aromatic carbocycles. The van der Waals surface area contributed by atoms with Crippen molar-refractivity contribution in [2.45, 2.75) is 39.3 Å². The molecule has 0 spiro atoms. The van der Waals surface area contributed by atoms with Gasteiger partial charge in [-0.2, -0.15) is 0 Å². The smallest absolute Gasteiger partial charge is 0.270 e. The first-order valence-electron chi connectivity index (χ1n) is 6.60. The number of nitrogens with one attached hydrogen (secondary N) is 1. The highest BCUT2D eigenvalue weighted by molar-refractivity contribution is 5.92. The second-order valence-corrected chi connectivity index (χ2v) is 5.47. The molecule has 1 aromatic rings. The molecule has 0 bridgehead atoms. The first-order valence-corrected chi connectivity index (χ1v) is 6.60. The van der Waals surface area contributed by atoms with Crippen molar-refractivity contribution in [1.29, 1.82) is 0 Å². The van der Waals surface area contributed by atoms with Crippen LogP contribution in [0.5, 0.6) is 0 Å². The van der Waals surface area contributed by atoms with Gasteiger partial charge in [0.15, 0.2) is 0 Å². The van der Waals surface area contributed by atoms with Gasteiger partial charge in [-0.25, -0.2) is 4.98 Å². The Hall–Kier alpha value is -1.62. The van der Waals surface area contributed by atoms with Crippen LogP contribution in [-0.2, 0) is 4.74 Å². The summed E-state index contributed by atoms with van der Waals surface area (Å²) in [5.41, 5.74) is 5.88. The molecule has 5 nitrogen and oxygen atoms in total. The molecule has 19 heavy (non-hydrogen) atoms. The van der Waals surface area contributed by atoms with E-state index in [2.05, 4.69) is 24.1 Å². The molecule has 0 saturated heterocycles. The Kier molecular flexibility index (Phi) is 3.75. The lowest BCUT2D eigenvalue weighted by molar-refractivity contribution is -0.111. The molecule has 2 rings (SSSR count). The zero-order valence-electron chi connectivity index (χ0n) is 11.6. The van der Waals surface area contributed by atoms with Gasteiger partial charge >= 0.3 is 0 Å². The lowest BCUT2D eigenvalue weighted by Gasteiger charge is -2.51. The standard InChI is InChI=1S/C14H21N3O2/c1-4-19-11-8-10(14(11,2)3)17-13(18)9-6-5-7-12(15)16-9/h5-7,10-11H,4,8H2,1-3H3,(H2,15,16)(H,17,18). The van der Waals surface area contributed by atoms with Crippen LogP contribution in [0.1, 0.15) is 37.7 Å². The maximum absolute atomic E-state index is 12.1. The fraction of sp³-hybridized carbons (Fsp3) is 0.571. The number of anilines is 1. The molecular formula is C14H21N3O2. The van der Waals surface area contributed by atoms with E-state index in [0.29, 0.717) is 18.1 Å². The van der Waals surface area contributed by atoms with Crippen LogP contribution in [0, 0.1) is 5.41 Å². The molecule has 0 radical (unpaired) electrons. The monoisotopic (exact) mass is 263 g/mol. The molecule has 5 heteroatoms. The van der Waals surface area contributed by atoms with Gasteiger partial charge < -0.3 is 15.8 Å². The molecule has 1 heterocycles. The number of pyridine rings is 1. The second kappa shape index (κ2) is 5.17. The first kappa shape index (κ1) is 13.8. The molecule has 1 aliphatic carbocycles. The van der Waals surface area contributed by atoms with Gasteiger partial charge in [-0.3, -0.25) is 4.79 Å².